The molecule has 1 aromatic carbocycles. The highest BCUT2D eigenvalue weighted by Gasteiger charge is 2.07. The standard InChI is InChI=1S/C12H9F2N/c1-8-5-6-11(14)12(15-8)9-3-2-4-10(13)7-9/h2-7H,1H3. The number of benzene rings is 1. The van der Waals surface area contributed by atoms with Crippen LogP contribution < -0.4 is 0 Å². The molecule has 0 N–H and O–H groups in total. The maximum atomic E-state index is 13.4. The molecule has 0 aliphatic heterocycles. The van der Waals surface area contributed by atoms with Gasteiger partial charge in [0, 0.05) is 11.3 Å². The summed E-state index contributed by atoms with van der Waals surface area (Å²) in [5.41, 5.74) is 1.35. The fourth-order valence-electron chi connectivity index (χ4n) is 1.38. The molecule has 0 amide bonds. The molecule has 76 valence electrons. The van der Waals surface area contributed by atoms with Gasteiger partial charge in [-0.1, -0.05) is 12.1 Å². The molecule has 15 heavy (non-hydrogen) atoms. The minimum atomic E-state index is -0.439. The maximum absolute atomic E-state index is 13.4. The van der Waals surface area contributed by atoms with Crippen LogP contribution >= 0.6 is 0 Å². The van der Waals surface area contributed by atoms with Crippen LogP contribution in [0.2, 0.25) is 0 Å². The zero-order valence-electron chi connectivity index (χ0n) is 8.17. The van der Waals surface area contributed by atoms with Crippen molar-refractivity contribution < 1.29 is 8.78 Å². The number of aromatic nitrogens is 1. The first kappa shape index (κ1) is 9.77. The molecule has 0 bridgehead atoms. The minimum Gasteiger partial charge on any atom is -0.250 e. The second-order valence-electron chi connectivity index (χ2n) is 3.29. The van der Waals surface area contributed by atoms with E-state index in [1.807, 2.05) is 0 Å². The van der Waals surface area contributed by atoms with Gasteiger partial charge in [-0.3, -0.25) is 4.98 Å². The van der Waals surface area contributed by atoms with E-state index < -0.39 is 11.6 Å². The Balaban J connectivity index is 2.58. The molecular formula is C12H9F2N. The van der Waals surface area contributed by atoms with Crippen LogP contribution in [-0.2, 0) is 0 Å². The SMILES string of the molecule is Cc1ccc(F)c(-c2cccc(F)c2)n1. The van der Waals surface area contributed by atoms with Gasteiger partial charge in [-0.25, -0.2) is 8.78 Å². The number of hydrogen-bond donors (Lipinski definition) is 0. The summed E-state index contributed by atoms with van der Waals surface area (Å²) in [5, 5.41) is 0. The largest absolute Gasteiger partial charge is 0.250 e. The normalized spacial score (nSPS) is 10.3. The van der Waals surface area contributed by atoms with E-state index in [4.69, 9.17) is 0 Å². The number of halogens is 2. The van der Waals surface area contributed by atoms with Crippen LogP contribution in [-0.4, -0.2) is 4.98 Å². The lowest BCUT2D eigenvalue weighted by molar-refractivity contribution is 0.620. The van der Waals surface area contributed by atoms with Crippen molar-refractivity contribution in [3.8, 4) is 11.3 Å². The molecule has 0 aliphatic rings. The Labute approximate surface area is 86.4 Å². The first-order valence-corrected chi connectivity index (χ1v) is 4.56. The van der Waals surface area contributed by atoms with E-state index >= 15 is 0 Å². The summed E-state index contributed by atoms with van der Waals surface area (Å²) in [6.45, 7) is 1.77. The van der Waals surface area contributed by atoms with Crippen LogP contribution in [0.5, 0.6) is 0 Å². The summed E-state index contributed by atoms with van der Waals surface area (Å²) < 4.78 is 26.3. The van der Waals surface area contributed by atoms with Crippen molar-refractivity contribution >= 4 is 0 Å². The maximum Gasteiger partial charge on any atom is 0.149 e. The quantitative estimate of drug-likeness (QED) is 0.695. The molecule has 2 aromatic rings. The second kappa shape index (κ2) is 3.77. The van der Waals surface area contributed by atoms with Crippen LogP contribution in [0.25, 0.3) is 11.3 Å². The van der Waals surface area contributed by atoms with E-state index in [0.717, 1.165) is 0 Å². The summed E-state index contributed by atoms with van der Waals surface area (Å²) in [5.74, 6) is -0.832. The van der Waals surface area contributed by atoms with Crippen molar-refractivity contribution in [2.75, 3.05) is 0 Å². The lowest BCUT2D eigenvalue weighted by Crippen LogP contribution is -1.91. The van der Waals surface area contributed by atoms with Gasteiger partial charge in [0.05, 0.1) is 0 Å². The average molecular weight is 205 g/mol. The van der Waals surface area contributed by atoms with Gasteiger partial charge in [0.2, 0.25) is 0 Å². The van der Waals surface area contributed by atoms with Crippen LogP contribution in [0, 0.1) is 18.6 Å². The predicted molar refractivity (Wildman–Crippen MR) is 54.3 cm³/mol. The predicted octanol–water partition coefficient (Wildman–Crippen LogP) is 3.34. The number of pyridine rings is 1. The molecule has 0 saturated heterocycles. The van der Waals surface area contributed by atoms with Gasteiger partial charge in [0.1, 0.15) is 17.3 Å². The number of hydrogen-bond acceptors (Lipinski definition) is 1. The van der Waals surface area contributed by atoms with E-state index in [1.165, 1.54) is 24.3 Å². The van der Waals surface area contributed by atoms with Gasteiger partial charge < -0.3 is 0 Å². The Kier molecular flexibility index (Phi) is 2.46. The molecule has 1 nitrogen and oxygen atoms in total. The first-order valence-electron chi connectivity index (χ1n) is 4.56. The molecule has 0 unspecified atom stereocenters. The number of aryl methyl sites for hydroxylation is 1. The van der Waals surface area contributed by atoms with Crippen molar-refractivity contribution in [3.63, 3.8) is 0 Å². The van der Waals surface area contributed by atoms with Crippen LogP contribution in [0.1, 0.15) is 5.69 Å². The molecule has 0 aliphatic carbocycles. The molecule has 0 fully saturated rings. The third kappa shape index (κ3) is 2.01. The number of nitrogens with zero attached hydrogens (tertiary/aromatic N) is 1. The lowest BCUT2D eigenvalue weighted by atomic mass is 10.1. The third-order valence-electron chi connectivity index (χ3n) is 2.08. The van der Waals surface area contributed by atoms with Gasteiger partial charge in [-0.2, -0.15) is 0 Å². The fourth-order valence-corrected chi connectivity index (χ4v) is 1.38. The topological polar surface area (TPSA) is 12.9 Å². The summed E-state index contributed by atoms with van der Waals surface area (Å²) in [4.78, 5) is 4.04. The Morgan fingerprint density at radius 3 is 2.60 bits per heavy atom. The van der Waals surface area contributed by atoms with Gasteiger partial charge >= 0.3 is 0 Å². The Morgan fingerprint density at radius 2 is 1.87 bits per heavy atom. The molecule has 0 spiro atoms. The molecule has 3 heteroatoms. The monoisotopic (exact) mass is 205 g/mol. The summed E-state index contributed by atoms with van der Waals surface area (Å²) >= 11 is 0. The van der Waals surface area contributed by atoms with Gasteiger partial charge in [0.15, 0.2) is 0 Å². The van der Waals surface area contributed by atoms with Crippen molar-refractivity contribution in [2.24, 2.45) is 0 Å². The smallest absolute Gasteiger partial charge is 0.149 e. The van der Waals surface area contributed by atoms with Crippen LogP contribution in [0.3, 0.4) is 0 Å². The van der Waals surface area contributed by atoms with E-state index in [2.05, 4.69) is 4.98 Å². The molecule has 0 atom stereocenters. The highest BCUT2D eigenvalue weighted by molar-refractivity contribution is 5.59. The molecule has 1 aromatic heterocycles. The Morgan fingerprint density at radius 1 is 1.07 bits per heavy atom. The summed E-state index contributed by atoms with van der Waals surface area (Å²) in [6.07, 6.45) is 0. The molecule has 0 saturated carbocycles. The van der Waals surface area contributed by atoms with Crippen LogP contribution in [0.15, 0.2) is 36.4 Å². The fraction of sp³-hybridized carbons (Fsp3) is 0.0833. The van der Waals surface area contributed by atoms with Gasteiger partial charge in [-0.15, -0.1) is 0 Å². The van der Waals surface area contributed by atoms with E-state index in [-0.39, 0.29) is 5.69 Å². The van der Waals surface area contributed by atoms with E-state index in [9.17, 15) is 8.78 Å². The zero-order chi connectivity index (χ0) is 10.8. The summed E-state index contributed by atoms with van der Waals surface area (Å²) in [6, 6.07) is 8.67. The molecule has 2 rings (SSSR count). The van der Waals surface area contributed by atoms with E-state index in [1.54, 1.807) is 19.1 Å². The van der Waals surface area contributed by atoms with Crippen molar-refractivity contribution in [1.29, 1.82) is 0 Å². The zero-order valence-corrected chi connectivity index (χ0v) is 8.17. The van der Waals surface area contributed by atoms with Crippen LogP contribution in [0.4, 0.5) is 8.78 Å². The Hall–Kier alpha value is -1.77. The second-order valence-corrected chi connectivity index (χ2v) is 3.29. The molecular weight excluding hydrogens is 196 g/mol. The minimum absolute atomic E-state index is 0.189. The molecule has 1 heterocycles. The summed E-state index contributed by atoms with van der Waals surface area (Å²) in [7, 11) is 0. The van der Waals surface area contributed by atoms with Crippen molar-refractivity contribution in [1.82, 2.24) is 4.98 Å². The van der Waals surface area contributed by atoms with Crippen molar-refractivity contribution in [2.45, 2.75) is 6.92 Å². The highest BCUT2D eigenvalue weighted by Crippen LogP contribution is 2.21. The third-order valence-corrected chi connectivity index (χ3v) is 2.08. The first-order chi connectivity index (χ1) is 7.16. The average Bonchev–Trinajstić information content (AvgIpc) is 2.22. The number of rotatable bonds is 1. The van der Waals surface area contributed by atoms with E-state index in [0.29, 0.717) is 11.3 Å². The van der Waals surface area contributed by atoms with Gasteiger partial charge in [0.25, 0.3) is 0 Å². The Bertz CT molecular complexity index is 495. The van der Waals surface area contributed by atoms with Crippen molar-refractivity contribution in [3.05, 3.63) is 53.7 Å². The molecule has 0 radical (unpaired) electrons. The highest BCUT2D eigenvalue weighted by atomic mass is 19.1. The van der Waals surface area contributed by atoms with Gasteiger partial charge in [-0.05, 0) is 31.2 Å². The lowest BCUT2D eigenvalue weighted by Gasteiger charge is -2.03.